The number of nitrogens with one attached hydrogen (secondary N) is 2. The van der Waals surface area contributed by atoms with Crippen molar-refractivity contribution in [2.75, 3.05) is 23.7 Å². The Morgan fingerprint density at radius 2 is 1.03 bits per heavy atom. The van der Waals surface area contributed by atoms with Gasteiger partial charge < -0.3 is 0 Å². The number of hydrogen-bond acceptors (Lipinski definition) is 6. The molecule has 0 aliphatic carbocycles. The van der Waals surface area contributed by atoms with Crippen LogP contribution in [-0.4, -0.2) is 62.6 Å². The number of anilines is 2. The molecule has 0 aliphatic rings. The molecule has 0 atom stereocenters. The molecule has 2 aromatic rings. The average molecular weight is 640 g/mol. The molecule has 0 fully saturated rings. The molecule has 0 aliphatic heterocycles. The quantitative estimate of drug-likeness (QED) is 0.261. The van der Waals surface area contributed by atoms with Crippen molar-refractivity contribution in [3.8, 4) is 0 Å². The Kier molecular flexibility index (Phi) is 9.54. The molecule has 2 aromatic carbocycles. The van der Waals surface area contributed by atoms with Gasteiger partial charge in [-0.15, -0.1) is 0 Å². The summed E-state index contributed by atoms with van der Waals surface area (Å²) < 4.78 is 11.4. The molecule has 0 amide bonds. The number of carbonyl (C=O) groups excluding carboxylic acids is 2. The summed E-state index contributed by atoms with van der Waals surface area (Å²) in [6.07, 6.45) is 0.809. The van der Waals surface area contributed by atoms with E-state index < -0.39 is 37.6 Å². The maximum atomic E-state index is 12.5. The normalized spacial score (nSPS) is 11.5. The van der Waals surface area contributed by atoms with Crippen LogP contribution in [0, 0.1) is 0 Å². The topological polar surface area (TPSA) is 76.7 Å². The molecule has 2 N–H and O–H groups in total. The summed E-state index contributed by atoms with van der Waals surface area (Å²) >= 11 is -5.37. The molecule has 0 aromatic heterocycles. The van der Waals surface area contributed by atoms with Gasteiger partial charge in [-0.2, -0.15) is 0 Å². The van der Waals surface area contributed by atoms with Crippen LogP contribution in [0.4, 0.5) is 11.4 Å². The first-order valence-corrected chi connectivity index (χ1v) is 30.0. The molecule has 0 heterocycles. The summed E-state index contributed by atoms with van der Waals surface area (Å²) in [4.78, 5) is 37.4. The number of benzene rings is 2. The van der Waals surface area contributed by atoms with E-state index in [1.165, 1.54) is 0 Å². The van der Waals surface area contributed by atoms with Crippen molar-refractivity contribution in [3.05, 3.63) is 59.7 Å². The predicted molar refractivity (Wildman–Crippen MR) is 132 cm³/mol. The van der Waals surface area contributed by atoms with E-state index >= 15 is 0 Å². The Labute approximate surface area is 194 Å². The first-order valence-electron chi connectivity index (χ1n) is 10.6. The molecule has 2 rings (SSSR count). The van der Waals surface area contributed by atoms with E-state index in [-0.39, 0.29) is 11.9 Å². The van der Waals surface area contributed by atoms with Crippen LogP contribution < -0.4 is 10.6 Å². The fraction of sp³-hybridized carbons (Fsp3) is 0.391. The predicted octanol–water partition coefficient (Wildman–Crippen LogP) is 5.58. The Morgan fingerprint density at radius 3 is 1.39 bits per heavy atom. The van der Waals surface area contributed by atoms with Crippen molar-refractivity contribution in [3.63, 3.8) is 0 Å². The van der Waals surface area contributed by atoms with Crippen molar-refractivity contribution < 1.29 is 15.7 Å². The standard InChI is InChI=1S/C17H18N2O4.6CH3.2Sn/c20-16(21)12-6-1-3-8-14(12)18-10-5-11-19-15-9-4-2-7-13(15)17(22)23;;;;;;;;/h1-4,6-9,18-19H,5,10-11H2,(H,20,21)(H,22,23);6*1H3;;/q;;;;;;;2*+1/p-2. The molecular formula is C23H34N2O4Sn2. The molecule has 8 heteroatoms. The zero-order valence-corrected chi connectivity index (χ0v) is 25.1. The van der Waals surface area contributed by atoms with Crippen LogP contribution >= 0.6 is 0 Å². The summed E-state index contributed by atoms with van der Waals surface area (Å²) in [6.45, 7) is 1.36. The van der Waals surface area contributed by atoms with Crippen LogP contribution in [0.1, 0.15) is 27.1 Å². The van der Waals surface area contributed by atoms with Gasteiger partial charge in [-0.25, -0.2) is 0 Å². The second kappa shape index (κ2) is 11.4. The van der Waals surface area contributed by atoms with Crippen LogP contribution in [0.25, 0.3) is 0 Å². The van der Waals surface area contributed by atoms with Crippen molar-refractivity contribution in [2.45, 2.75) is 36.1 Å². The second-order valence-electron chi connectivity index (χ2n) is 9.30. The summed E-state index contributed by atoms with van der Waals surface area (Å²) in [7, 11) is 0. The van der Waals surface area contributed by atoms with Gasteiger partial charge in [0, 0.05) is 0 Å². The first-order chi connectivity index (χ1) is 14.5. The van der Waals surface area contributed by atoms with Gasteiger partial charge in [0.1, 0.15) is 0 Å². The van der Waals surface area contributed by atoms with E-state index in [9.17, 15) is 9.59 Å². The molecule has 0 bridgehead atoms. The van der Waals surface area contributed by atoms with E-state index in [1.807, 2.05) is 36.4 Å². The van der Waals surface area contributed by atoms with Crippen LogP contribution in [0.3, 0.4) is 0 Å². The summed E-state index contributed by atoms with van der Waals surface area (Å²) in [5.41, 5.74) is 2.71. The number of rotatable bonds is 10. The first kappa shape index (κ1) is 25.8. The molecule has 0 radical (unpaired) electrons. The fourth-order valence-corrected chi connectivity index (χ4v) is 6.63. The fourth-order valence-electron chi connectivity index (χ4n) is 2.83. The third kappa shape index (κ3) is 9.30. The molecule has 31 heavy (non-hydrogen) atoms. The van der Waals surface area contributed by atoms with Gasteiger partial charge in [-0.05, 0) is 0 Å². The van der Waals surface area contributed by atoms with Crippen LogP contribution in [0.15, 0.2) is 48.5 Å². The maximum absolute atomic E-state index is 12.5. The van der Waals surface area contributed by atoms with Crippen molar-refractivity contribution in [1.82, 2.24) is 0 Å². The van der Waals surface area contributed by atoms with Crippen LogP contribution in [-0.2, 0) is 6.15 Å². The third-order valence-electron chi connectivity index (χ3n) is 4.08. The van der Waals surface area contributed by atoms with E-state index in [0.29, 0.717) is 24.2 Å². The number of para-hydroxylation sites is 2. The second-order valence-corrected chi connectivity index (χ2v) is 34.6. The van der Waals surface area contributed by atoms with E-state index in [1.54, 1.807) is 12.1 Å². The molecule has 168 valence electrons. The van der Waals surface area contributed by atoms with Crippen molar-refractivity contribution in [1.29, 1.82) is 0 Å². The van der Waals surface area contributed by atoms with Gasteiger partial charge in [-0.3, -0.25) is 0 Å². The van der Waals surface area contributed by atoms with Gasteiger partial charge in [0.15, 0.2) is 0 Å². The molecule has 0 spiro atoms. The Bertz CT molecular complexity index is 831. The van der Waals surface area contributed by atoms with E-state index in [0.717, 1.165) is 17.8 Å². The minimum absolute atomic E-state index is 0.249. The van der Waals surface area contributed by atoms with E-state index in [2.05, 4.69) is 40.3 Å². The van der Waals surface area contributed by atoms with E-state index in [4.69, 9.17) is 6.15 Å². The minimum atomic E-state index is -2.68. The zero-order valence-electron chi connectivity index (χ0n) is 19.4. The van der Waals surface area contributed by atoms with Gasteiger partial charge >= 0.3 is 196 Å². The molecule has 0 saturated carbocycles. The Morgan fingerprint density at radius 1 is 0.677 bits per heavy atom. The molecular weight excluding hydrogens is 606 g/mol. The molecule has 0 unspecified atom stereocenters. The zero-order chi connectivity index (χ0) is 23.1. The third-order valence-corrected chi connectivity index (χ3v) is 8.63. The van der Waals surface area contributed by atoms with Crippen molar-refractivity contribution >= 4 is 60.9 Å². The monoisotopic (exact) mass is 642 g/mol. The molecule has 6 nitrogen and oxygen atoms in total. The Balaban J connectivity index is 1.90. The summed E-state index contributed by atoms with van der Waals surface area (Å²) in [6, 6.07) is 14.9. The van der Waals surface area contributed by atoms with Crippen LogP contribution in [0.2, 0.25) is 29.6 Å². The number of carbonyl (C=O) groups is 2. The van der Waals surface area contributed by atoms with Crippen LogP contribution in [0.5, 0.6) is 0 Å². The summed E-state index contributed by atoms with van der Waals surface area (Å²) in [5.74, 6) is -0.498. The average Bonchev–Trinajstić information content (AvgIpc) is 2.65. The van der Waals surface area contributed by atoms with Crippen molar-refractivity contribution in [2.24, 2.45) is 0 Å². The SMILES string of the molecule is [CH3][Sn]([CH3])([CH3])[O]C(=O)c1ccccc1NCCCNc1ccccc1C(=O)[O][Sn]([CH3])([CH3])[CH3]. The Hall–Kier alpha value is -1.42. The summed E-state index contributed by atoms with van der Waals surface area (Å²) in [5, 5.41) is 6.67. The molecule has 0 saturated heterocycles. The van der Waals surface area contributed by atoms with Gasteiger partial charge in [0.25, 0.3) is 0 Å². The number of hydrogen-bond donors (Lipinski definition) is 2. The van der Waals surface area contributed by atoms with Gasteiger partial charge in [-0.1, -0.05) is 0 Å². The van der Waals surface area contributed by atoms with Gasteiger partial charge in [0.05, 0.1) is 0 Å². The van der Waals surface area contributed by atoms with Gasteiger partial charge in [0.2, 0.25) is 0 Å².